The second-order valence-corrected chi connectivity index (χ2v) is 31.6. The molecule has 0 radical (unpaired) electrons. The molecule has 1 aromatic rings. The SMILES string of the molecule is CC[C@H](C)[C@@H]1NC(=O)[C@H](CC(C)C)N(C)C(=O)C[C@@H](C(=O)N2CCCCC2)N(C)C(=O)[C@H](C2CCCCC2)N(C)C(=O)C2(CCCC2)NC(=O)CN(CCCC(=O)N(C)C)C(=O)[C@H](CCc2ccc(C(F)(F)F)c(Cl)c2)NC(=O)CN(C)C(=O)[C@H](CC2CCCCC2)N(C)C(=O)CN(C)C(=O)CN(C)C1=O. The molecule has 106 heavy (non-hydrogen) atoms. The Labute approximate surface area is 629 Å². The molecule has 3 saturated carbocycles. The maximum atomic E-state index is 15.9. The Morgan fingerprint density at radius 1 is 0.642 bits per heavy atom. The van der Waals surface area contributed by atoms with Crippen molar-refractivity contribution in [3.8, 4) is 0 Å². The Balaban J connectivity index is 1.48. The van der Waals surface area contributed by atoms with E-state index in [0.717, 1.165) is 89.5 Å². The average Bonchev–Trinajstić information content (AvgIpc) is 1.18. The van der Waals surface area contributed by atoms with Crippen LogP contribution in [0.3, 0.4) is 0 Å². The van der Waals surface area contributed by atoms with Crippen molar-refractivity contribution < 1.29 is 75.5 Å². The molecule has 2 aliphatic heterocycles. The number of hydrogen-bond acceptors (Lipinski definition) is 13. The minimum Gasteiger partial charge on any atom is -0.349 e. The topological polar surface area (TPSA) is 290 Å². The third-order valence-corrected chi connectivity index (χ3v) is 22.8. The molecule has 13 amide bonds. The lowest BCUT2D eigenvalue weighted by Crippen LogP contribution is -2.64. The first kappa shape index (κ1) is 87.3. The van der Waals surface area contributed by atoms with E-state index in [9.17, 15) is 46.7 Å². The Kier molecular flexibility index (Phi) is 33.0. The van der Waals surface area contributed by atoms with Crippen molar-refractivity contribution in [2.24, 2.45) is 23.7 Å². The number of likely N-dealkylation sites (tertiary alicyclic amines) is 1. The predicted octanol–water partition coefficient (Wildman–Crippen LogP) is 6.13. The number of aryl methyl sites for hydroxylation is 1. The Morgan fingerprint density at radius 3 is 1.81 bits per heavy atom. The van der Waals surface area contributed by atoms with Crippen LogP contribution < -0.4 is 16.0 Å². The molecule has 5 fully saturated rings. The maximum absolute atomic E-state index is 15.9. The van der Waals surface area contributed by atoms with E-state index in [1.165, 1.54) is 79.9 Å². The van der Waals surface area contributed by atoms with Crippen LogP contribution in [0.5, 0.6) is 0 Å². The van der Waals surface area contributed by atoms with Crippen LogP contribution in [0.1, 0.15) is 193 Å². The molecule has 3 aliphatic carbocycles. The zero-order chi connectivity index (χ0) is 78.7. The van der Waals surface area contributed by atoms with Crippen LogP contribution in [0.2, 0.25) is 5.02 Å². The second kappa shape index (κ2) is 40.0. The van der Waals surface area contributed by atoms with E-state index in [-0.39, 0.29) is 81.2 Å². The van der Waals surface area contributed by atoms with Gasteiger partial charge in [-0.15, -0.1) is 0 Å². The molecule has 594 valence electrons. The van der Waals surface area contributed by atoms with E-state index in [1.807, 2.05) is 20.8 Å². The molecule has 1 spiro atoms. The highest BCUT2D eigenvalue weighted by Gasteiger charge is 2.50. The summed E-state index contributed by atoms with van der Waals surface area (Å²) < 4.78 is 41.9. The zero-order valence-corrected chi connectivity index (χ0v) is 65.7. The largest absolute Gasteiger partial charge is 0.417 e. The summed E-state index contributed by atoms with van der Waals surface area (Å²) >= 11 is 6.19. The summed E-state index contributed by atoms with van der Waals surface area (Å²) in [4.78, 5) is 206. The Morgan fingerprint density at radius 2 is 1.23 bits per heavy atom. The number of carbonyl (C=O) groups excluding carboxylic acids is 13. The third-order valence-electron chi connectivity index (χ3n) is 22.5. The molecule has 5 aliphatic rings. The molecular weight excluding hydrogens is 1400 g/mol. The minimum atomic E-state index is -4.80. The summed E-state index contributed by atoms with van der Waals surface area (Å²) in [7, 11) is 13.0. The van der Waals surface area contributed by atoms with Gasteiger partial charge in [-0.25, -0.2) is 0 Å². The van der Waals surface area contributed by atoms with E-state index in [1.54, 1.807) is 25.9 Å². The van der Waals surface area contributed by atoms with Gasteiger partial charge in [0, 0.05) is 89.5 Å². The summed E-state index contributed by atoms with van der Waals surface area (Å²) in [6.07, 6.45) is 5.70. The number of nitrogens with one attached hydrogen (secondary N) is 3. The van der Waals surface area contributed by atoms with E-state index in [4.69, 9.17) is 11.6 Å². The Hall–Kier alpha value is -7.59. The van der Waals surface area contributed by atoms with Crippen molar-refractivity contribution >= 4 is 88.4 Å². The first-order valence-electron chi connectivity index (χ1n) is 38.2. The fourth-order valence-corrected chi connectivity index (χ4v) is 15.9. The number of hydrogen-bond donors (Lipinski definition) is 3. The van der Waals surface area contributed by atoms with Crippen LogP contribution in [0.15, 0.2) is 18.2 Å². The van der Waals surface area contributed by atoms with Gasteiger partial charge in [0.2, 0.25) is 76.8 Å². The van der Waals surface area contributed by atoms with Crippen molar-refractivity contribution in [3.05, 3.63) is 34.3 Å². The van der Waals surface area contributed by atoms with Crippen LogP contribution in [0.25, 0.3) is 0 Å². The molecule has 1 aromatic carbocycles. The van der Waals surface area contributed by atoms with Gasteiger partial charge in [0.05, 0.1) is 43.2 Å². The van der Waals surface area contributed by atoms with Gasteiger partial charge < -0.3 is 64.9 Å². The molecule has 2 heterocycles. The molecule has 0 aromatic heterocycles. The lowest BCUT2D eigenvalue weighted by atomic mass is 9.81. The number of halogens is 4. The highest BCUT2D eigenvalue weighted by Crippen LogP contribution is 2.38. The normalized spacial score (nSPS) is 24.8. The standard InChI is InChI=1S/C76H119ClF3N13O13/c1-14-50(4)66-72(104)87(9)47-64(98)85(7)48-65(99)89(11)58(43-51-27-18-15-19-28-51)70(102)86(8)45-60(94)81-56(35-33-52-32-34-54(55(77)42-52)76(78,79)80)69(101)93(40-26-31-62(96)84(5)6)46-61(95)83-75(36-22-23-37-75)74(106)91(13)67(53-29-20-16-21-30-53)73(105)90(12)59(71(103)92-38-24-17-25-39-92)44-63(97)88(10)57(41-49(2)3)68(100)82-66/h32,34,42,49-51,53,56-59,66-67H,14-31,33,35-41,43-48H2,1-13H3,(H,81,94)(H,82,100)(H,83,95)/t50-,56-,57-,58-,59-,66-,67-/m0/s1. The van der Waals surface area contributed by atoms with Crippen molar-refractivity contribution in [3.63, 3.8) is 0 Å². The van der Waals surface area contributed by atoms with Gasteiger partial charge in [0.1, 0.15) is 41.8 Å². The van der Waals surface area contributed by atoms with Crippen molar-refractivity contribution in [1.82, 2.24) is 64.9 Å². The van der Waals surface area contributed by atoms with E-state index in [2.05, 4.69) is 16.0 Å². The molecular formula is C76H119ClF3N13O13. The summed E-state index contributed by atoms with van der Waals surface area (Å²) in [5, 5.41) is 8.01. The van der Waals surface area contributed by atoms with Gasteiger partial charge in [-0.05, 0) is 118 Å². The summed E-state index contributed by atoms with van der Waals surface area (Å²) in [5.41, 5.74) is -2.51. The molecule has 0 bridgehead atoms. The smallest absolute Gasteiger partial charge is 0.349 e. The quantitative estimate of drug-likeness (QED) is 0.178. The predicted molar refractivity (Wildman–Crippen MR) is 393 cm³/mol. The second-order valence-electron chi connectivity index (χ2n) is 31.2. The fraction of sp³-hybridized carbons (Fsp3) is 0.750. The van der Waals surface area contributed by atoms with E-state index >= 15 is 28.8 Å². The average molecular weight is 1520 g/mol. The number of nitrogens with zero attached hydrogens (tertiary/aromatic N) is 10. The monoisotopic (exact) mass is 1510 g/mol. The van der Waals surface area contributed by atoms with Gasteiger partial charge in [-0.1, -0.05) is 116 Å². The fourth-order valence-electron chi connectivity index (χ4n) is 15.6. The number of rotatable bonds is 15. The molecule has 7 atom stereocenters. The lowest BCUT2D eigenvalue weighted by molar-refractivity contribution is -0.157. The van der Waals surface area contributed by atoms with Crippen molar-refractivity contribution in [1.29, 1.82) is 0 Å². The molecule has 0 unspecified atom stereocenters. The maximum Gasteiger partial charge on any atom is 0.417 e. The van der Waals surface area contributed by atoms with Crippen LogP contribution in [-0.4, -0.2) is 277 Å². The number of piperidine rings is 1. The molecule has 3 N–H and O–H groups in total. The summed E-state index contributed by atoms with van der Waals surface area (Å²) in [5.74, 6) is -9.72. The van der Waals surface area contributed by atoms with Crippen LogP contribution in [-0.2, 0) is 74.9 Å². The number of benzene rings is 1. The van der Waals surface area contributed by atoms with Gasteiger partial charge in [0.15, 0.2) is 0 Å². The number of likely N-dealkylation sites (N-methyl/N-ethyl adjacent to an activating group) is 7. The highest BCUT2D eigenvalue weighted by molar-refractivity contribution is 6.31. The first-order valence-corrected chi connectivity index (χ1v) is 38.6. The van der Waals surface area contributed by atoms with Crippen LogP contribution in [0.4, 0.5) is 13.2 Å². The third kappa shape index (κ3) is 23.7. The molecule has 30 heteroatoms. The van der Waals surface area contributed by atoms with Gasteiger partial charge >= 0.3 is 6.18 Å². The van der Waals surface area contributed by atoms with Crippen LogP contribution >= 0.6 is 11.6 Å². The van der Waals surface area contributed by atoms with Gasteiger partial charge in [-0.3, -0.25) is 62.3 Å². The highest BCUT2D eigenvalue weighted by atomic mass is 35.5. The van der Waals surface area contributed by atoms with Crippen molar-refractivity contribution in [2.45, 2.75) is 236 Å². The summed E-state index contributed by atoms with van der Waals surface area (Å²) in [6.45, 7) is 5.25. The lowest BCUT2D eigenvalue weighted by Gasteiger charge is -2.43. The number of carbonyl (C=O) groups is 13. The number of amides is 13. The number of alkyl halides is 3. The van der Waals surface area contributed by atoms with Gasteiger partial charge in [-0.2, -0.15) is 13.2 Å². The zero-order valence-electron chi connectivity index (χ0n) is 64.9. The van der Waals surface area contributed by atoms with Crippen molar-refractivity contribution in [2.75, 3.05) is 109 Å². The van der Waals surface area contributed by atoms with E-state index in [0.29, 0.717) is 58.0 Å². The molecule has 2 saturated heterocycles. The summed E-state index contributed by atoms with van der Waals surface area (Å²) in [6, 6.07) is -4.72. The van der Waals surface area contributed by atoms with Gasteiger partial charge in [0.25, 0.3) is 0 Å². The van der Waals surface area contributed by atoms with E-state index < -0.39 is 174 Å². The Bertz CT molecular complexity index is 3260. The first-order chi connectivity index (χ1) is 49.9. The molecule has 26 nitrogen and oxygen atoms in total. The molecule has 6 rings (SSSR count). The van der Waals surface area contributed by atoms with Crippen LogP contribution in [0, 0.1) is 23.7 Å². The minimum absolute atomic E-state index is 0.000930.